The highest BCUT2D eigenvalue weighted by molar-refractivity contribution is 7.80. The van der Waals surface area contributed by atoms with Crippen LogP contribution in [0.3, 0.4) is 0 Å². The number of nitrogens with one attached hydrogen (secondary N) is 2. The van der Waals surface area contributed by atoms with Crippen molar-refractivity contribution in [1.82, 2.24) is 14.9 Å². The van der Waals surface area contributed by atoms with E-state index in [1.807, 2.05) is 55.6 Å². The van der Waals surface area contributed by atoms with Gasteiger partial charge in [-0.15, -0.1) is 0 Å². The fourth-order valence-corrected chi connectivity index (χ4v) is 4.28. The third-order valence-electron chi connectivity index (χ3n) is 5.69. The molecule has 2 N–H and O–H groups in total. The van der Waals surface area contributed by atoms with E-state index in [1.54, 1.807) is 0 Å². The van der Waals surface area contributed by atoms with Crippen LogP contribution < -0.4 is 10.1 Å². The van der Waals surface area contributed by atoms with Gasteiger partial charge in [-0.05, 0) is 93.5 Å². The third kappa shape index (κ3) is 5.71. The minimum absolute atomic E-state index is 0.643. The van der Waals surface area contributed by atoms with Gasteiger partial charge in [0.1, 0.15) is 5.75 Å². The van der Waals surface area contributed by atoms with Gasteiger partial charge >= 0.3 is 0 Å². The number of aromatic nitrogens is 2. The van der Waals surface area contributed by atoms with Crippen LogP contribution in [0.2, 0.25) is 0 Å². The number of hydrogen-bond donors (Lipinski definition) is 2. The highest BCUT2D eigenvalue weighted by atomic mass is 32.1. The highest BCUT2D eigenvalue weighted by Crippen LogP contribution is 2.24. The second-order valence-corrected chi connectivity index (χ2v) is 8.54. The number of benzene rings is 2. The van der Waals surface area contributed by atoms with E-state index in [9.17, 15) is 0 Å². The average molecular weight is 459 g/mol. The zero-order valence-corrected chi connectivity index (χ0v) is 20.2. The van der Waals surface area contributed by atoms with E-state index in [1.165, 1.54) is 27.7 Å². The number of nitrogens with zero attached hydrogens (tertiary/aromatic N) is 2. The van der Waals surface area contributed by atoms with Gasteiger partial charge in [0, 0.05) is 35.0 Å². The van der Waals surface area contributed by atoms with Crippen molar-refractivity contribution in [2.24, 2.45) is 0 Å². The molecule has 0 amide bonds. The Morgan fingerprint density at radius 2 is 1.91 bits per heavy atom. The van der Waals surface area contributed by atoms with Crippen molar-refractivity contribution in [2.75, 3.05) is 18.5 Å². The maximum absolute atomic E-state index is 5.83. The summed E-state index contributed by atoms with van der Waals surface area (Å²) < 4.78 is 5.54. The topological polar surface area (TPSA) is 53.2 Å². The van der Waals surface area contributed by atoms with E-state index in [0.29, 0.717) is 18.3 Å². The predicted molar refractivity (Wildman–Crippen MR) is 140 cm³/mol. The fraction of sp³-hybridized carbons (Fsp3) is 0.259. The van der Waals surface area contributed by atoms with Crippen LogP contribution in [0.25, 0.3) is 10.9 Å². The van der Waals surface area contributed by atoms with Crippen molar-refractivity contribution in [3.8, 4) is 5.75 Å². The number of anilines is 1. The summed E-state index contributed by atoms with van der Waals surface area (Å²) in [5.74, 6) is 0.851. The Morgan fingerprint density at radius 1 is 1.09 bits per heavy atom. The summed E-state index contributed by atoms with van der Waals surface area (Å²) in [6.45, 7) is 8.33. The molecule has 6 heteroatoms. The van der Waals surface area contributed by atoms with Gasteiger partial charge in [-0.25, -0.2) is 0 Å². The average Bonchev–Trinajstić information content (AvgIpc) is 3.13. The molecular formula is C27H30N4OS. The summed E-state index contributed by atoms with van der Waals surface area (Å²) in [4.78, 5) is 10.2. The number of rotatable bonds is 8. The van der Waals surface area contributed by atoms with Crippen LogP contribution in [0.5, 0.6) is 5.75 Å². The summed E-state index contributed by atoms with van der Waals surface area (Å²) in [5.41, 5.74) is 6.91. The summed E-state index contributed by atoms with van der Waals surface area (Å²) in [7, 11) is 0. The first-order valence-corrected chi connectivity index (χ1v) is 11.7. The molecule has 0 aliphatic heterocycles. The number of H-pyrrole nitrogens is 1. The van der Waals surface area contributed by atoms with Crippen molar-refractivity contribution in [1.29, 1.82) is 0 Å². The molecule has 4 aromatic rings. The van der Waals surface area contributed by atoms with E-state index >= 15 is 0 Å². The maximum Gasteiger partial charge on any atom is 0.173 e. The first-order chi connectivity index (χ1) is 16.0. The van der Waals surface area contributed by atoms with Crippen LogP contribution in [-0.2, 0) is 13.0 Å². The summed E-state index contributed by atoms with van der Waals surface area (Å²) >= 11 is 5.83. The summed E-state index contributed by atoms with van der Waals surface area (Å²) in [6, 6.07) is 20.4. The van der Waals surface area contributed by atoms with Gasteiger partial charge in [-0.3, -0.25) is 4.98 Å². The monoisotopic (exact) mass is 458 g/mol. The van der Waals surface area contributed by atoms with Crippen LogP contribution in [0.1, 0.15) is 29.4 Å². The lowest BCUT2D eigenvalue weighted by Gasteiger charge is -2.26. The normalized spacial score (nSPS) is 10.9. The molecule has 0 aliphatic rings. The lowest BCUT2D eigenvalue weighted by molar-refractivity contribution is 0.340. The van der Waals surface area contributed by atoms with Crippen LogP contribution in [0.4, 0.5) is 5.69 Å². The van der Waals surface area contributed by atoms with Gasteiger partial charge in [0.2, 0.25) is 0 Å². The van der Waals surface area contributed by atoms with Gasteiger partial charge in [0.15, 0.2) is 5.11 Å². The van der Waals surface area contributed by atoms with Crippen molar-refractivity contribution >= 4 is 33.9 Å². The highest BCUT2D eigenvalue weighted by Gasteiger charge is 2.15. The molecule has 0 atom stereocenters. The van der Waals surface area contributed by atoms with Gasteiger partial charge in [-0.2, -0.15) is 0 Å². The molecule has 0 spiro atoms. The van der Waals surface area contributed by atoms with Crippen LogP contribution in [-0.4, -0.2) is 33.1 Å². The zero-order chi connectivity index (χ0) is 23.2. The Bertz CT molecular complexity index is 1220. The Balaban J connectivity index is 1.53. The van der Waals surface area contributed by atoms with Gasteiger partial charge in [0.25, 0.3) is 0 Å². The molecule has 0 unspecified atom stereocenters. The van der Waals surface area contributed by atoms with Crippen LogP contribution in [0, 0.1) is 13.8 Å². The van der Waals surface area contributed by atoms with Crippen molar-refractivity contribution < 1.29 is 4.74 Å². The van der Waals surface area contributed by atoms with Gasteiger partial charge in [0.05, 0.1) is 18.8 Å². The molecular weight excluding hydrogens is 428 g/mol. The molecule has 0 saturated heterocycles. The molecule has 0 radical (unpaired) electrons. The Kier molecular flexibility index (Phi) is 7.25. The van der Waals surface area contributed by atoms with E-state index in [2.05, 4.69) is 52.2 Å². The second-order valence-electron chi connectivity index (χ2n) is 8.16. The summed E-state index contributed by atoms with van der Waals surface area (Å²) in [6.07, 6.45) is 2.70. The van der Waals surface area contributed by atoms with Gasteiger partial charge in [-0.1, -0.05) is 17.7 Å². The van der Waals surface area contributed by atoms with E-state index < -0.39 is 0 Å². The first-order valence-electron chi connectivity index (χ1n) is 11.3. The molecule has 0 bridgehead atoms. The molecule has 33 heavy (non-hydrogen) atoms. The molecule has 2 heterocycles. The number of ether oxygens (including phenoxy) is 1. The SMILES string of the molecule is CCOc1ccc(NC(=S)N(CCc2c(C)[nH]c3ccc(C)cc23)Cc2ccccn2)cc1. The second kappa shape index (κ2) is 10.5. The van der Waals surface area contributed by atoms with Crippen molar-refractivity contribution in [3.05, 3.63) is 89.4 Å². The van der Waals surface area contributed by atoms with Crippen molar-refractivity contribution in [2.45, 2.75) is 33.7 Å². The van der Waals surface area contributed by atoms with Crippen molar-refractivity contribution in [3.63, 3.8) is 0 Å². The number of hydrogen-bond acceptors (Lipinski definition) is 3. The Labute approximate surface area is 200 Å². The lowest BCUT2D eigenvalue weighted by Crippen LogP contribution is -2.36. The first kappa shape index (κ1) is 22.8. The standard InChI is InChI=1S/C27H30N4OS/c1-4-32-23-11-9-21(10-12-23)30-27(33)31(18-22-7-5-6-15-28-22)16-14-24-20(3)29-26-13-8-19(2)17-25(24)26/h5-13,15,17,29H,4,14,16,18H2,1-3H3,(H,30,33). The molecule has 2 aromatic heterocycles. The van der Waals surface area contributed by atoms with E-state index in [4.69, 9.17) is 17.0 Å². The molecule has 170 valence electrons. The minimum Gasteiger partial charge on any atom is -0.494 e. The molecule has 0 saturated carbocycles. The van der Waals surface area contributed by atoms with Gasteiger partial charge < -0.3 is 19.9 Å². The molecule has 0 aliphatic carbocycles. The number of thiocarbonyl (C=S) groups is 1. The molecule has 5 nitrogen and oxygen atoms in total. The predicted octanol–water partition coefficient (Wildman–Crippen LogP) is 6.02. The number of fused-ring (bicyclic) bond motifs is 1. The van der Waals surface area contributed by atoms with Crippen LogP contribution >= 0.6 is 12.2 Å². The van der Waals surface area contributed by atoms with E-state index in [-0.39, 0.29) is 0 Å². The third-order valence-corrected chi connectivity index (χ3v) is 6.05. The molecule has 0 fully saturated rings. The lowest BCUT2D eigenvalue weighted by atomic mass is 10.1. The van der Waals surface area contributed by atoms with Crippen LogP contribution in [0.15, 0.2) is 66.9 Å². The van der Waals surface area contributed by atoms with E-state index in [0.717, 1.165) is 30.1 Å². The smallest absolute Gasteiger partial charge is 0.173 e. The summed E-state index contributed by atoms with van der Waals surface area (Å²) in [5, 5.41) is 5.36. The fourth-order valence-electron chi connectivity index (χ4n) is 4.01. The maximum atomic E-state index is 5.83. The quantitative estimate of drug-likeness (QED) is 0.316. The zero-order valence-electron chi connectivity index (χ0n) is 19.4. The Hall–Kier alpha value is -3.38. The Morgan fingerprint density at radius 3 is 2.64 bits per heavy atom. The number of pyridine rings is 1. The number of aryl methyl sites for hydroxylation is 2. The molecule has 4 rings (SSSR count). The largest absolute Gasteiger partial charge is 0.494 e. The molecule has 2 aromatic carbocycles. The number of aromatic amines is 1. The minimum atomic E-state index is 0.643.